The molecule has 0 spiro atoms. The molecule has 1 saturated carbocycles. The van der Waals surface area contributed by atoms with Gasteiger partial charge in [-0.3, -0.25) is 0 Å². The maximum Gasteiger partial charge on any atom is 0.124 e. The van der Waals surface area contributed by atoms with Gasteiger partial charge < -0.3 is 20.3 Å². The number of benzene rings is 1. The summed E-state index contributed by atoms with van der Waals surface area (Å²) in [5, 5.41) is 23.7. The summed E-state index contributed by atoms with van der Waals surface area (Å²) in [6, 6.07) is 5.96. The topological polar surface area (TPSA) is 61.7 Å². The van der Waals surface area contributed by atoms with Crippen LogP contribution in [0.15, 0.2) is 18.2 Å². The second-order valence-electron chi connectivity index (χ2n) is 6.05. The van der Waals surface area contributed by atoms with Gasteiger partial charge in [-0.1, -0.05) is 18.9 Å². The summed E-state index contributed by atoms with van der Waals surface area (Å²) in [7, 11) is 0. The number of aliphatic hydroxyl groups is 2. The van der Waals surface area contributed by atoms with Crippen LogP contribution in [0.5, 0.6) is 5.75 Å². The summed E-state index contributed by atoms with van der Waals surface area (Å²) in [6.45, 7) is 1.20. The number of aliphatic hydroxyl groups excluding tert-OH is 1. The number of rotatable bonds is 5. The number of ether oxygens (including phenoxy) is 1. The van der Waals surface area contributed by atoms with E-state index in [1.54, 1.807) is 0 Å². The maximum absolute atomic E-state index is 10.3. The van der Waals surface area contributed by atoms with E-state index in [0.29, 0.717) is 13.0 Å². The van der Waals surface area contributed by atoms with Gasteiger partial charge in [-0.2, -0.15) is 0 Å². The van der Waals surface area contributed by atoms with E-state index in [9.17, 15) is 10.2 Å². The minimum Gasteiger partial charge on any atom is -0.493 e. The highest BCUT2D eigenvalue weighted by atomic mass is 16.5. The van der Waals surface area contributed by atoms with Crippen molar-refractivity contribution in [1.82, 2.24) is 0 Å². The third-order valence-corrected chi connectivity index (χ3v) is 4.42. The molecular formula is C16H23NO3. The molecule has 0 bridgehead atoms. The predicted molar refractivity (Wildman–Crippen MR) is 78.2 cm³/mol. The van der Waals surface area contributed by atoms with Crippen molar-refractivity contribution in [1.29, 1.82) is 0 Å². The second-order valence-corrected chi connectivity index (χ2v) is 6.05. The first kappa shape index (κ1) is 13.7. The first-order chi connectivity index (χ1) is 9.66. The average molecular weight is 277 g/mol. The van der Waals surface area contributed by atoms with Gasteiger partial charge in [0.1, 0.15) is 5.75 Å². The zero-order valence-electron chi connectivity index (χ0n) is 11.8. The molecule has 1 aliphatic carbocycles. The van der Waals surface area contributed by atoms with Crippen LogP contribution in [0.25, 0.3) is 0 Å². The molecule has 20 heavy (non-hydrogen) atoms. The van der Waals surface area contributed by atoms with Gasteiger partial charge in [-0.05, 0) is 25.0 Å². The number of fused-ring (bicyclic) bond motifs is 1. The van der Waals surface area contributed by atoms with Gasteiger partial charge in [0.25, 0.3) is 0 Å². The smallest absolute Gasteiger partial charge is 0.124 e. The molecule has 1 aromatic rings. The standard InChI is InChI=1S/C16H23NO3/c18-12(10-16(19)7-1-2-8-16)11-17-14-4-3-5-15-13(14)6-9-20-15/h3-5,12,17-19H,1-2,6-11H2. The zero-order chi connectivity index (χ0) is 14.0. The lowest BCUT2D eigenvalue weighted by Gasteiger charge is -2.25. The Kier molecular flexibility index (Phi) is 3.85. The quantitative estimate of drug-likeness (QED) is 0.771. The molecule has 4 nitrogen and oxygen atoms in total. The Labute approximate surface area is 119 Å². The fourth-order valence-electron chi connectivity index (χ4n) is 3.36. The molecule has 4 heteroatoms. The first-order valence-electron chi connectivity index (χ1n) is 7.55. The van der Waals surface area contributed by atoms with Crippen molar-refractivity contribution in [2.24, 2.45) is 0 Å². The van der Waals surface area contributed by atoms with Crippen molar-refractivity contribution in [3.05, 3.63) is 23.8 Å². The lowest BCUT2D eigenvalue weighted by Crippen LogP contribution is -2.33. The Morgan fingerprint density at radius 3 is 2.90 bits per heavy atom. The minimum atomic E-state index is -0.650. The summed E-state index contributed by atoms with van der Waals surface area (Å²) < 4.78 is 5.53. The van der Waals surface area contributed by atoms with Crippen LogP contribution in [0, 0.1) is 0 Å². The van der Waals surface area contributed by atoms with Crippen LogP contribution in [0.1, 0.15) is 37.7 Å². The van der Waals surface area contributed by atoms with Gasteiger partial charge in [-0.25, -0.2) is 0 Å². The molecule has 3 rings (SSSR count). The number of hydrogen-bond donors (Lipinski definition) is 3. The van der Waals surface area contributed by atoms with E-state index >= 15 is 0 Å². The molecule has 110 valence electrons. The summed E-state index contributed by atoms with van der Waals surface area (Å²) in [4.78, 5) is 0. The van der Waals surface area contributed by atoms with Crippen molar-refractivity contribution in [2.45, 2.75) is 50.2 Å². The Balaban J connectivity index is 1.55. The molecule has 1 unspecified atom stereocenters. The highest BCUT2D eigenvalue weighted by Crippen LogP contribution is 2.34. The molecule has 0 radical (unpaired) electrons. The van der Waals surface area contributed by atoms with Crippen molar-refractivity contribution in [2.75, 3.05) is 18.5 Å². The number of hydrogen-bond acceptors (Lipinski definition) is 4. The van der Waals surface area contributed by atoms with Gasteiger partial charge in [0.15, 0.2) is 0 Å². The van der Waals surface area contributed by atoms with E-state index in [1.165, 1.54) is 5.56 Å². The molecular weight excluding hydrogens is 254 g/mol. The van der Waals surface area contributed by atoms with E-state index in [4.69, 9.17) is 4.74 Å². The predicted octanol–water partition coefficient (Wildman–Crippen LogP) is 2.09. The zero-order valence-corrected chi connectivity index (χ0v) is 11.8. The van der Waals surface area contributed by atoms with Crippen LogP contribution in [0.4, 0.5) is 5.69 Å². The van der Waals surface area contributed by atoms with E-state index in [2.05, 4.69) is 5.32 Å². The van der Waals surface area contributed by atoms with Crippen LogP contribution in [-0.2, 0) is 6.42 Å². The SMILES string of the molecule is OC(CNc1cccc2c1CCO2)CC1(O)CCCC1. The Hall–Kier alpha value is -1.26. The fraction of sp³-hybridized carbons (Fsp3) is 0.625. The monoisotopic (exact) mass is 277 g/mol. The highest BCUT2D eigenvalue weighted by Gasteiger charge is 2.33. The minimum absolute atomic E-state index is 0.464. The number of nitrogens with one attached hydrogen (secondary N) is 1. The summed E-state index contributed by atoms with van der Waals surface area (Å²) in [5.74, 6) is 0.943. The van der Waals surface area contributed by atoms with Gasteiger partial charge in [0.05, 0.1) is 18.3 Å². The molecule has 1 aliphatic heterocycles. The Morgan fingerprint density at radius 1 is 1.30 bits per heavy atom. The molecule has 1 atom stereocenters. The third-order valence-electron chi connectivity index (χ3n) is 4.42. The van der Waals surface area contributed by atoms with Crippen molar-refractivity contribution >= 4 is 5.69 Å². The lowest BCUT2D eigenvalue weighted by atomic mass is 9.94. The molecule has 1 aromatic carbocycles. The van der Waals surface area contributed by atoms with Gasteiger partial charge in [-0.15, -0.1) is 0 Å². The van der Waals surface area contributed by atoms with E-state index in [0.717, 1.165) is 50.1 Å². The van der Waals surface area contributed by atoms with Crippen LogP contribution < -0.4 is 10.1 Å². The largest absolute Gasteiger partial charge is 0.493 e. The highest BCUT2D eigenvalue weighted by molar-refractivity contribution is 5.59. The van der Waals surface area contributed by atoms with Crippen molar-refractivity contribution in [3.8, 4) is 5.75 Å². The van der Waals surface area contributed by atoms with Gasteiger partial charge >= 0.3 is 0 Å². The van der Waals surface area contributed by atoms with Gasteiger partial charge in [0, 0.05) is 30.6 Å². The summed E-state index contributed by atoms with van der Waals surface area (Å²) in [5.41, 5.74) is 1.58. The molecule has 0 saturated heterocycles. The van der Waals surface area contributed by atoms with Crippen LogP contribution in [0.3, 0.4) is 0 Å². The Morgan fingerprint density at radius 2 is 2.10 bits per heavy atom. The maximum atomic E-state index is 10.3. The molecule has 1 heterocycles. The summed E-state index contributed by atoms with van der Waals surface area (Å²) >= 11 is 0. The van der Waals surface area contributed by atoms with E-state index in [1.807, 2.05) is 18.2 Å². The Bertz CT molecular complexity index is 469. The van der Waals surface area contributed by atoms with Crippen molar-refractivity contribution < 1.29 is 14.9 Å². The molecule has 1 fully saturated rings. The lowest BCUT2D eigenvalue weighted by molar-refractivity contribution is -0.00154. The van der Waals surface area contributed by atoms with Crippen LogP contribution >= 0.6 is 0 Å². The van der Waals surface area contributed by atoms with E-state index < -0.39 is 11.7 Å². The molecule has 2 aliphatic rings. The fourth-order valence-corrected chi connectivity index (χ4v) is 3.36. The molecule has 0 aromatic heterocycles. The van der Waals surface area contributed by atoms with Gasteiger partial charge in [0.2, 0.25) is 0 Å². The number of anilines is 1. The summed E-state index contributed by atoms with van der Waals surface area (Å²) in [6.07, 6.45) is 4.64. The average Bonchev–Trinajstić information content (AvgIpc) is 3.05. The van der Waals surface area contributed by atoms with Crippen molar-refractivity contribution in [3.63, 3.8) is 0 Å². The first-order valence-corrected chi connectivity index (χ1v) is 7.55. The van der Waals surface area contributed by atoms with Crippen LogP contribution in [-0.4, -0.2) is 35.1 Å². The molecule has 3 N–H and O–H groups in total. The molecule has 0 amide bonds. The second kappa shape index (κ2) is 5.62. The normalized spacial score (nSPS) is 21.3. The van der Waals surface area contributed by atoms with E-state index in [-0.39, 0.29) is 0 Å². The van der Waals surface area contributed by atoms with Crippen LogP contribution in [0.2, 0.25) is 0 Å². The third kappa shape index (κ3) is 2.91.